The van der Waals surface area contributed by atoms with Crippen LogP contribution in [0.25, 0.3) is 11.5 Å². The Balaban J connectivity index is 1.27. The Kier molecular flexibility index (Phi) is 5.41. The van der Waals surface area contributed by atoms with Crippen molar-refractivity contribution in [2.75, 3.05) is 31.2 Å². The first-order valence-corrected chi connectivity index (χ1v) is 11.1. The van der Waals surface area contributed by atoms with Crippen LogP contribution >= 0.6 is 23.4 Å². The van der Waals surface area contributed by atoms with Gasteiger partial charge in [-0.25, -0.2) is 15.0 Å². The Labute approximate surface area is 184 Å². The van der Waals surface area contributed by atoms with Gasteiger partial charge in [0, 0.05) is 29.4 Å². The van der Waals surface area contributed by atoms with Crippen molar-refractivity contribution in [1.82, 2.24) is 15.0 Å². The van der Waals surface area contributed by atoms with Gasteiger partial charge in [-0.1, -0.05) is 29.4 Å². The summed E-state index contributed by atoms with van der Waals surface area (Å²) in [4.78, 5) is 16.6. The maximum Gasteiger partial charge on any atom is 0.227 e. The van der Waals surface area contributed by atoms with Crippen molar-refractivity contribution in [3.63, 3.8) is 0 Å². The summed E-state index contributed by atoms with van der Waals surface area (Å²) < 4.78 is 11.0. The van der Waals surface area contributed by atoms with Gasteiger partial charge in [0.2, 0.25) is 5.89 Å². The molecule has 7 nitrogen and oxygen atoms in total. The summed E-state index contributed by atoms with van der Waals surface area (Å²) in [5.41, 5.74) is 7.17. The summed E-state index contributed by atoms with van der Waals surface area (Å²) in [6.07, 6.45) is 8.81. The smallest absolute Gasteiger partial charge is 0.227 e. The standard InChI is InChI=1S/C21H22ClN5O2S/c22-19-14(20-24-6-9-29-20)2-1-3-15(19)30-18-11-25-17(10-26-18)27-7-4-21(5-8-27)13-28-12-16(21)23/h1-3,6,9-11,16H,4-5,7-8,12-13,23H2/t16-/m1/s1. The quantitative estimate of drug-likeness (QED) is 0.649. The van der Waals surface area contributed by atoms with Crippen LogP contribution in [0, 0.1) is 5.41 Å². The van der Waals surface area contributed by atoms with Gasteiger partial charge in [0.05, 0.1) is 42.4 Å². The fraction of sp³-hybridized carbons (Fsp3) is 0.381. The predicted molar refractivity (Wildman–Crippen MR) is 116 cm³/mol. The van der Waals surface area contributed by atoms with Gasteiger partial charge in [0.15, 0.2) is 0 Å². The number of nitrogens with zero attached hydrogens (tertiary/aromatic N) is 4. The molecule has 4 heterocycles. The van der Waals surface area contributed by atoms with E-state index >= 15 is 0 Å². The van der Waals surface area contributed by atoms with E-state index in [-0.39, 0.29) is 11.5 Å². The number of aromatic nitrogens is 3. The molecule has 0 saturated carbocycles. The third kappa shape index (κ3) is 3.69. The van der Waals surface area contributed by atoms with E-state index in [9.17, 15) is 0 Å². The molecular weight excluding hydrogens is 422 g/mol. The van der Waals surface area contributed by atoms with Crippen LogP contribution < -0.4 is 10.6 Å². The number of benzene rings is 1. The molecule has 1 aromatic carbocycles. The fourth-order valence-corrected chi connectivity index (χ4v) is 5.22. The Morgan fingerprint density at radius 1 is 1.17 bits per heavy atom. The van der Waals surface area contributed by atoms with E-state index < -0.39 is 0 Å². The normalized spacial score (nSPS) is 20.7. The minimum atomic E-state index is 0.129. The molecule has 2 N–H and O–H groups in total. The second-order valence-electron chi connectivity index (χ2n) is 7.74. The predicted octanol–water partition coefficient (Wildman–Crippen LogP) is 3.88. The molecule has 1 spiro atoms. The lowest BCUT2D eigenvalue weighted by molar-refractivity contribution is 0.131. The molecule has 0 unspecified atom stereocenters. The molecule has 1 atom stereocenters. The Morgan fingerprint density at radius 2 is 2.03 bits per heavy atom. The molecule has 30 heavy (non-hydrogen) atoms. The zero-order valence-electron chi connectivity index (χ0n) is 16.3. The average Bonchev–Trinajstić information content (AvgIpc) is 3.42. The minimum absolute atomic E-state index is 0.129. The lowest BCUT2D eigenvalue weighted by Gasteiger charge is -2.41. The monoisotopic (exact) mass is 443 g/mol. The largest absolute Gasteiger partial charge is 0.444 e. The topological polar surface area (TPSA) is 90.3 Å². The minimum Gasteiger partial charge on any atom is -0.444 e. The highest BCUT2D eigenvalue weighted by atomic mass is 35.5. The number of rotatable bonds is 4. The second kappa shape index (κ2) is 8.19. The van der Waals surface area contributed by atoms with Crippen LogP contribution in [0.3, 0.4) is 0 Å². The molecule has 2 aliphatic rings. The van der Waals surface area contributed by atoms with Crippen LogP contribution in [0.4, 0.5) is 5.82 Å². The van der Waals surface area contributed by atoms with Crippen molar-refractivity contribution in [2.45, 2.75) is 28.8 Å². The summed E-state index contributed by atoms with van der Waals surface area (Å²) in [7, 11) is 0. The zero-order valence-corrected chi connectivity index (χ0v) is 17.9. The van der Waals surface area contributed by atoms with Gasteiger partial charge >= 0.3 is 0 Å². The van der Waals surface area contributed by atoms with E-state index in [2.05, 4.69) is 19.9 Å². The van der Waals surface area contributed by atoms with Crippen molar-refractivity contribution < 1.29 is 9.15 Å². The molecule has 0 aliphatic carbocycles. The molecular formula is C21H22ClN5O2S. The van der Waals surface area contributed by atoms with Crippen LogP contribution in [0.1, 0.15) is 12.8 Å². The van der Waals surface area contributed by atoms with Crippen LogP contribution in [0.5, 0.6) is 0 Å². The first-order valence-electron chi connectivity index (χ1n) is 9.91. The maximum atomic E-state index is 6.58. The van der Waals surface area contributed by atoms with Crippen molar-refractivity contribution in [3.05, 3.63) is 48.1 Å². The summed E-state index contributed by atoms with van der Waals surface area (Å²) in [6, 6.07) is 5.90. The van der Waals surface area contributed by atoms with Crippen molar-refractivity contribution >= 4 is 29.2 Å². The highest BCUT2D eigenvalue weighted by Crippen LogP contribution is 2.40. The van der Waals surface area contributed by atoms with Gasteiger partial charge < -0.3 is 19.8 Å². The van der Waals surface area contributed by atoms with E-state index in [1.807, 2.05) is 24.4 Å². The number of hydrogen-bond donors (Lipinski definition) is 1. The summed E-state index contributed by atoms with van der Waals surface area (Å²) in [6.45, 7) is 3.28. The molecule has 2 saturated heterocycles. The molecule has 5 rings (SSSR count). The number of anilines is 1. The van der Waals surface area contributed by atoms with Crippen LogP contribution in [0.2, 0.25) is 5.02 Å². The van der Waals surface area contributed by atoms with Gasteiger partial charge in [-0.15, -0.1) is 0 Å². The number of oxazole rings is 1. The number of halogens is 1. The van der Waals surface area contributed by atoms with Crippen molar-refractivity contribution in [3.8, 4) is 11.5 Å². The number of ether oxygens (including phenoxy) is 1. The van der Waals surface area contributed by atoms with Gasteiger partial charge in [0.25, 0.3) is 0 Å². The van der Waals surface area contributed by atoms with Gasteiger partial charge in [-0.3, -0.25) is 0 Å². The summed E-state index contributed by atoms with van der Waals surface area (Å²) in [5, 5.41) is 1.37. The van der Waals surface area contributed by atoms with Crippen LogP contribution in [-0.2, 0) is 4.74 Å². The molecule has 156 valence electrons. The van der Waals surface area contributed by atoms with E-state index in [4.69, 9.17) is 26.5 Å². The highest BCUT2D eigenvalue weighted by molar-refractivity contribution is 7.99. The van der Waals surface area contributed by atoms with Crippen LogP contribution in [0.15, 0.2) is 57.4 Å². The third-order valence-corrected chi connectivity index (χ3v) is 7.51. The fourth-order valence-electron chi connectivity index (χ4n) is 4.12. The molecule has 0 bridgehead atoms. The molecule has 2 fully saturated rings. The Hall–Kier alpha value is -2.13. The van der Waals surface area contributed by atoms with Crippen LogP contribution in [-0.4, -0.2) is 47.3 Å². The van der Waals surface area contributed by atoms with Gasteiger partial charge in [-0.2, -0.15) is 0 Å². The molecule has 9 heteroatoms. The molecule has 2 aromatic heterocycles. The lowest BCUT2D eigenvalue weighted by Crippen LogP contribution is -2.49. The van der Waals surface area contributed by atoms with Crippen molar-refractivity contribution in [2.24, 2.45) is 11.1 Å². The maximum absolute atomic E-state index is 6.58. The molecule has 0 amide bonds. The lowest BCUT2D eigenvalue weighted by atomic mass is 9.75. The average molecular weight is 444 g/mol. The van der Waals surface area contributed by atoms with E-state index in [0.717, 1.165) is 53.8 Å². The third-order valence-electron chi connectivity index (χ3n) is 6.01. The SMILES string of the molecule is N[C@@H]1COCC12CCN(c1cnc(Sc3cccc(-c4ncco4)c3Cl)cn1)CC2. The molecule has 2 aliphatic heterocycles. The molecule has 0 radical (unpaired) electrons. The summed E-state index contributed by atoms with van der Waals surface area (Å²) >= 11 is 8.05. The number of piperidine rings is 1. The first kappa shape index (κ1) is 19.8. The number of hydrogen-bond acceptors (Lipinski definition) is 8. The first-order chi connectivity index (χ1) is 14.6. The second-order valence-corrected chi connectivity index (χ2v) is 9.18. The van der Waals surface area contributed by atoms with Crippen molar-refractivity contribution in [1.29, 1.82) is 0 Å². The van der Waals surface area contributed by atoms with E-state index in [0.29, 0.717) is 17.5 Å². The van der Waals surface area contributed by atoms with E-state index in [1.165, 1.54) is 18.0 Å². The van der Waals surface area contributed by atoms with Gasteiger partial charge in [0.1, 0.15) is 17.1 Å². The Bertz CT molecular complexity index is 1010. The summed E-state index contributed by atoms with van der Waals surface area (Å²) in [5.74, 6) is 1.39. The molecule has 3 aromatic rings. The van der Waals surface area contributed by atoms with E-state index in [1.54, 1.807) is 12.4 Å². The highest BCUT2D eigenvalue weighted by Gasteiger charge is 2.44. The number of nitrogens with two attached hydrogens (primary N) is 1. The Morgan fingerprint density at radius 3 is 2.70 bits per heavy atom. The van der Waals surface area contributed by atoms with Gasteiger partial charge in [-0.05, 0) is 25.0 Å². The zero-order chi connectivity index (χ0) is 20.6.